The Labute approximate surface area is 168 Å². The zero-order valence-corrected chi connectivity index (χ0v) is 16.2. The van der Waals surface area contributed by atoms with E-state index in [9.17, 15) is 14.7 Å². The number of carbonyl (C=O) groups excluding carboxylic acids is 2. The van der Waals surface area contributed by atoms with E-state index in [1.165, 1.54) is 11.5 Å². The monoisotopic (exact) mass is 393 g/mol. The number of pyridine rings is 1. The van der Waals surface area contributed by atoms with Crippen LogP contribution in [0.15, 0.2) is 54.9 Å². The van der Waals surface area contributed by atoms with Gasteiger partial charge in [-0.1, -0.05) is 30.3 Å². The number of fused-ring (bicyclic) bond motifs is 1. The summed E-state index contributed by atoms with van der Waals surface area (Å²) in [5, 5.41) is 11.0. The summed E-state index contributed by atoms with van der Waals surface area (Å²) in [5.41, 5.74) is 2.43. The topological polar surface area (TPSA) is 84.7 Å². The predicted octanol–water partition coefficient (Wildman–Crippen LogP) is 3.01. The molecule has 0 unspecified atom stereocenters. The molecule has 7 nitrogen and oxygen atoms in total. The van der Waals surface area contributed by atoms with Crippen LogP contribution in [0.4, 0.5) is 4.79 Å². The van der Waals surface area contributed by atoms with Crippen molar-refractivity contribution in [2.75, 3.05) is 6.54 Å². The molecule has 29 heavy (non-hydrogen) atoms. The van der Waals surface area contributed by atoms with Crippen LogP contribution in [0, 0.1) is 0 Å². The molecule has 3 aromatic rings. The number of benzene rings is 1. The maximum Gasteiger partial charge on any atom is 0.410 e. The molecule has 7 heteroatoms. The van der Waals surface area contributed by atoms with Gasteiger partial charge < -0.3 is 14.7 Å². The van der Waals surface area contributed by atoms with Gasteiger partial charge in [-0.15, -0.1) is 0 Å². The molecule has 0 saturated carbocycles. The van der Waals surface area contributed by atoms with Gasteiger partial charge in [0.1, 0.15) is 12.3 Å². The molecule has 1 fully saturated rings. The van der Waals surface area contributed by atoms with Crippen molar-refractivity contribution < 1.29 is 19.4 Å². The molecule has 0 spiro atoms. The van der Waals surface area contributed by atoms with Crippen LogP contribution in [0.1, 0.15) is 29.3 Å². The van der Waals surface area contributed by atoms with E-state index in [4.69, 9.17) is 4.74 Å². The lowest BCUT2D eigenvalue weighted by Gasteiger charge is -2.23. The lowest BCUT2D eigenvalue weighted by molar-refractivity contribution is 0.0875. The number of aromatic nitrogens is 2. The van der Waals surface area contributed by atoms with Gasteiger partial charge in [-0.2, -0.15) is 0 Å². The van der Waals surface area contributed by atoms with Crippen molar-refractivity contribution in [1.29, 1.82) is 0 Å². The van der Waals surface area contributed by atoms with Crippen molar-refractivity contribution in [1.82, 2.24) is 14.5 Å². The number of aliphatic hydroxyl groups excluding tert-OH is 1. The van der Waals surface area contributed by atoms with Crippen LogP contribution in [0.3, 0.4) is 0 Å². The lowest BCUT2D eigenvalue weighted by atomic mass is 10.0. The van der Waals surface area contributed by atoms with Crippen molar-refractivity contribution in [2.24, 2.45) is 0 Å². The molecule has 150 valence electrons. The van der Waals surface area contributed by atoms with Gasteiger partial charge in [0.05, 0.1) is 12.6 Å². The molecule has 1 aliphatic heterocycles. The van der Waals surface area contributed by atoms with E-state index in [0.29, 0.717) is 18.5 Å². The summed E-state index contributed by atoms with van der Waals surface area (Å²) in [6.45, 7) is 1.92. The minimum absolute atomic E-state index is 0.120. The van der Waals surface area contributed by atoms with E-state index in [1.54, 1.807) is 17.3 Å². The Morgan fingerprint density at radius 2 is 2.00 bits per heavy atom. The number of carbonyl (C=O) groups is 2. The van der Waals surface area contributed by atoms with Crippen LogP contribution in [0.2, 0.25) is 0 Å². The summed E-state index contributed by atoms with van der Waals surface area (Å²) >= 11 is 0. The highest BCUT2D eigenvalue weighted by molar-refractivity contribution is 5.91. The van der Waals surface area contributed by atoms with Crippen molar-refractivity contribution >= 4 is 23.0 Å². The normalized spacial score (nSPS) is 18.9. The third-order valence-corrected chi connectivity index (χ3v) is 5.27. The van der Waals surface area contributed by atoms with Crippen molar-refractivity contribution in [3.05, 3.63) is 66.0 Å². The van der Waals surface area contributed by atoms with Crippen LogP contribution in [-0.2, 0) is 17.8 Å². The van der Waals surface area contributed by atoms with Crippen LogP contribution in [0.5, 0.6) is 0 Å². The number of hydrogen-bond donors (Lipinski definition) is 1. The summed E-state index contributed by atoms with van der Waals surface area (Å²) in [7, 11) is 0. The number of β-amino-alcohol motifs (C(OH)–C–C–N with tert-alkyl or cyclic N) is 1. The minimum atomic E-state index is -0.594. The lowest BCUT2D eigenvalue weighted by Crippen LogP contribution is -2.37. The van der Waals surface area contributed by atoms with Gasteiger partial charge in [-0.05, 0) is 36.1 Å². The number of amides is 1. The minimum Gasteiger partial charge on any atom is -0.445 e. The van der Waals surface area contributed by atoms with Crippen LogP contribution in [0.25, 0.3) is 11.0 Å². The second kappa shape index (κ2) is 8.05. The number of aliphatic hydroxyl groups is 1. The summed E-state index contributed by atoms with van der Waals surface area (Å²) in [5.74, 6) is -0.120. The van der Waals surface area contributed by atoms with Crippen molar-refractivity contribution in [2.45, 2.75) is 38.5 Å². The Balaban J connectivity index is 1.52. The second-order valence-corrected chi connectivity index (χ2v) is 7.36. The smallest absolute Gasteiger partial charge is 0.410 e. The molecule has 1 aliphatic rings. The SMILES string of the molecule is CC(=O)n1cc(C[C@@H]2C[C@@H](O)CN2C(=O)OCc2ccccc2)c2cccnc21. The maximum atomic E-state index is 12.7. The van der Waals surface area contributed by atoms with Gasteiger partial charge in [0.25, 0.3) is 0 Å². The molecular formula is C22H23N3O4. The van der Waals surface area contributed by atoms with Gasteiger partial charge >= 0.3 is 6.09 Å². The first kappa shape index (κ1) is 19.1. The van der Waals surface area contributed by atoms with E-state index in [1.807, 2.05) is 42.5 Å². The summed E-state index contributed by atoms with van der Waals surface area (Å²) < 4.78 is 6.99. The summed E-state index contributed by atoms with van der Waals surface area (Å²) in [6.07, 6.45) is 3.37. The number of rotatable bonds is 4. The molecular weight excluding hydrogens is 370 g/mol. The molecule has 1 saturated heterocycles. The summed E-state index contributed by atoms with van der Waals surface area (Å²) in [4.78, 5) is 30.5. The zero-order chi connectivity index (χ0) is 20.4. The fraction of sp³-hybridized carbons (Fsp3) is 0.318. The largest absolute Gasteiger partial charge is 0.445 e. The third-order valence-electron chi connectivity index (χ3n) is 5.27. The fourth-order valence-electron chi connectivity index (χ4n) is 3.89. The Kier molecular flexibility index (Phi) is 5.31. The number of ether oxygens (including phenoxy) is 1. The Hall–Kier alpha value is -3.19. The predicted molar refractivity (Wildman–Crippen MR) is 107 cm³/mol. The van der Waals surface area contributed by atoms with E-state index in [2.05, 4.69) is 4.98 Å². The van der Waals surface area contributed by atoms with Gasteiger partial charge in [0.15, 0.2) is 0 Å². The Bertz CT molecular complexity index is 1030. The highest BCUT2D eigenvalue weighted by Gasteiger charge is 2.36. The molecule has 1 aromatic carbocycles. The van der Waals surface area contributed by atoms with Crippen molar-refractivity contribution in [3.63, 3.8) is 0 Å². The molecule has 0 bridgehead atoms. The molecule has 2 atom stereocenters. The molecule has 0 aliphatic carbocycles. The fourth-order valence-corrected chi connectivity index (χ4v) is 3.89. The first-order valence-electron chi connectivity index (χ1n) is 9.64. The first-order valence-corrected chi connectivity index (χ1v) is 9.64. The Morgan fingerprint density at radius 1 is 1.21 bits per heavy atom. The van der Waals surface area contributed by atoms with E-state index >= 15 is 0 Å². The molecule has 3 heterocycles. The molecule has 0 radical (unpaired) electrons. The second-order valence-electron chi connectivity index (χ2n) is 7.36. The molecule has 2 aromatic heterocycles. The third kappa shape index (κ3) is 4.00. The average molecular weight is 393 g/mol. The van der Waals surface area contributed by atoms with Gasteiger partial charge in [-0.25, -0.2) is 9.78 Å². The van der Waals surface area contributed by atoms with E-state index < -0.39 is 12.2 Å². The number of hydrogen-bond acceptors (Lipinski definition) is 5. The molecule has 4 rings (SSSR count). The zero-order valence-electron chi connectivity index (χ0n) is 16.2. The maximum absolute atomic E-state index is 12.7. The highest BCUT2D eigenvalue weighted by Crippen LogP contribution is 2.27. The van der Waals surface area contributed by atoms with Crippen LogP contribution >= 0.6 is 0 Å². The van der Waals surface area contributed by atoms with Gasteiger partial charge in [0, 0.05) is 30.7 Å². The van der Waals surface area contributed by atoms with Crippen LogP contribution in [-0.4, -0.2) is 50.2 Å². The average Bonchev–Trinajstić information content (AvgIpc) is 3.28. The molecule has 1 N–H and O–H groups in total. The highest BCUT2D eigenvalue weighted by atomic mass is 16.6. The van der Waals surface area contributed by atoms with Gasteiger partial charge in [0.2, 0.25) is 5.91 Å². The van der Waals surface area contributed by atoms with Crippen LogP contribution < -0.4 is 0 Å². The first-order chi connectivity index (χ1) is 14.0. The number of nitrogens with zero attached hydrogens (tertiary/aromatic N) is 3. The van der Waals surface area contributed by atoms with Crippen molar-refractivity contribution in [3.8, 4) is 0 Å². The Morgan fingerprint density at radius 3 is 2.76 bits per heavy atom. The van der Waals surface area contributed by atoms with E-state index in [-0.39, 0.29) is 25.1 Å². The summed E-state index contributed by atoms with van der Waals surface area (Å²) in [6, 6.07) is 13.0. The van der Waals surface area contributed by atoms with Gasteiger partial charge in [-0.3, -0.25) is 9.36 Å². The van der Waals surface area contributed by atoms with E-state index in [0.717, 1.165) is 16.5 Å². The standard InChI is InChI=1S/C22H23N3O4/c1-15(26)24-12-17(20-8-5-9-23-21(20)24)10-18-11-19(27)13-25(18)22(28)29-14-16-6-3-2-4-7-16/h2-9,12,18-19,27H,10-11,13-14H2,1H3/t18-,19-/m1/s1. The quantitative estimate of drug-likeness (QED) is 0.737. The number of likely N-dealkylation sites (tertiary alicyclic amines) is 1. The molecule has 1 amide bonds.